The molecule has 0 unspecified atom stereocenters. The van der Waals surface area contributed by atoms with Crippen LogP contribution in [-0.4, -0.2) is 68.6 Å². The number of aldehydes is 1. The molecule has 0 spiro atoms. The Morgan fingerprint density at radius 2 is 1.50 bits per heavy atom. The van der Waals surface area contributed by atoms with Gasteiger partial charge in [-0.25, -0.2) is 9.97 Å². The van der Waals surface area contributed by atoms with Crippen LogP contribution in [0.2, 0.25) is 0 Å². The van der Waals surface area contributed by atoms with E-state index in [1.54, 1.807) is 19.5 Å². The summed E-state index contributed by atoms with van der Waals surface area (Å²) in [6.07, 6.45) is 4.22. The Morgan fingerprint density at radius 1 is 1.00 bits per heavy atom. The second-order valence-corrected chi connectivity index (χ2v) is 8.95. The maximum atomic E-state index is 11.1. The lowest BCUT2D eigenvalue weighted by atomic mass is 9.80. The Kier molecular flexibility index (Phi) is 7.46. The molecule has 30 heavy (non-hydrogen) atoms. The zero-order valence-corrected chi connectivity index (χ0v) is 19.7. The second kappa shape index (κ2) is 9.69. The first kappa shape index (κ1) is 23.1. The van der Waals surface area contributed by atoms with Crippen molar-refractivity contribution in [3.63, 3.8) is 0 Å². The second-order valence-electron chi connectivity index (χ2n) is 7.12. The molecule has 0 saturated carbocycles. The standard InChI is InChI=1S/C10H12BrNO3.C10H10BrNO3/c2*1-14-9-8(2-7(11)3-12-9)10(4-13)5-15-6-10/h2-3,13H,4-6H2,1H3;2-4H,5-6H2,1H3. The number of aliphatic hydroxyl groups is 1. The van der Waals surface area contributed by atoms with Gasteiger partial charge in [0.25, 0.3) is 0 Å². The number of pyridine rings is 2. The summed E-state index contributed by atoms with van der Waals surface area (Å²) in [6, 6.07) is 3.77. The Bertz CT molecular complexity index is 897. The predicted octanol–water partition coefficient (Wildman–Crippen LogP) is 2.43. The first-order chi connectivity index (χ1) is 14.4. The van der Waals surface area contributed by atoms with Gasteiger partial charge in [-0.15, -0.1) is 0 Å². The number of aromatic nitrogens is 2. The van der Waals surface area contributed by atoms with E-state index < -0.39 is 5.41 Å². The van der Waals surface area contributed by atoms with Crippen LogP contribution < -0.4 is 9.47 Å². The fourth-order valence-electron chi connectivity index (χ4n) is 3.20. The molecule has 0 amide bonds. The highest BCUT2D eigenvalue weighted by Crippen LogP contribution is 2.38. The molecule has 2 fully saturated rings. The molecule has 2 aromatic heterocycles. The lowest BCUT2D eigenvalue weighted by Crippen LogP contribution is -2.50. The molecule has 0 bridgehead atoms. The van der Waals surface area contributed by atoms with Gasteiger partial charge in [-0.1, -0.05) is 0 Å². The van der Waals surface area contributed by atoms with Crippen molar-refractivity contribution in [2.24, 2.45) is 0 Å². The number of hydrogen-bond acceptors (Lipinski definition) is 8. The Labute approximate surface area is 191 Å². The smallest absolute Gasteiger partial charge is 0.217 e. The van der Waals surface area contributed by atoms with Crippen LogP contribution in [0.25, 0.3) is 0 Å². The van der Waals surface area contributed by atoms with Gasteiger partial charge in [0.05, 0.1) is 52.7 Å². The molecule has 10 heteroatoms. The summed E-state index contributed by atoms with van der Waals surface area (Å²) >= 11 is 6.69. The number of halogens is 2. The fraction of sp³-hybridized carbons (Fsp3) is 0.450. The number of aliphatic hydroxyl groups excluding tert-OH is 1. The minimum Gasteiger partial charge on any atom is -0.481 e. The molecular formula is C20H22Br2N2O6. The van der Waals surface area contributed by atoms with Gasteiger partial charge in [0.15, 0.2) is 0 Å². The molecule has 0 aliphatic carbocycles. The predicted molar refractivity (Wildman–Crippen MR) is 115 cm³/mol. The van der Waals surface area contributed by atoms with Gasteiger partial charge in [-0.2, -0.15) is 0 Å². The van der Waals surface area contributed by atoms with Crippen LogP contribution in [0.4, 0.5) is 0 Å². The largest absolute Gasteiger partial charge is 0.481 e. The lowest BCUT2D eigenvalue weighted by molar-refractivity contribution is -0.130. The highest BCUT2D eigenvalue weighted by Gasteiger charge is 2.43. The van der Waals surface area contributed by atoms with Crippen LogP contribution in [-0.2, 0) is 25.1 Å². The maximum Gasteiger partial charge on any atom is 0.217 e. The van der Waals surface area contributed by atoms with Crippen molar-refractivity contribution >= 4 is 38.1 Å². The fourth-order valence-corrected chi connectivity index (χ4v) is 3.87. The molecule has 0 aromatic carbocycles. The lowest BCUT2D eigenvalue weighted by Gasteiger charge is -2.40. The number of ether oxygens (including phenoxy) is 4. The summed E-state index contributed by atoms with van der Waals surface area (Å²) in [5.74, 6) is 1.03. The molecule has 162 valence electrons. The first-order valence-corrected chi connectivity index (χ1v) is 10.6. The van der Waals surface area contributed by atoms with Gasteiger partial charge in [0, 0.05) is 32.5 Å². The number of methoxy groups -OCH3 is 2. The van der Waals surface area contributed by atoms with Gasteiger partial charge in [-0.3, -0.25) is 0 Å². The Balaban J connectivity index is 0.000000171. The molecule has 8 nitrogen and oxygen atoms in total. The van der Waals surface area contributed by atoms with Gasteiger partial charge in [0.2, 0.25) is 11.8 Å². The third kappa shape index (κ3) is 4.38. The van der Waals surface area contributed by atoms with E-state index in [0.29, 0.717) is 38.2 Å². The molecule has 2 aromatic rings. The Morgan fingerprint density at radius 3 is 1.87 bits per heavy atom. The van der Waals surface area contributed by atoms with E-state index in [4.69, 9.17) is 18.9 Å². The van der Waals surface area contributed by atoms with Crippen molar-refractivity contribution in [3.8, 4) is 11.8 Å². The summed E-state index contributed by atoms with van der Waals surface area (Å²) < 4.78 is 22.3. The van der Waals surface area contributed by atoms with E-state index >= 15 is 0 Å². The van der Waals surface area contributed by atoms with E-state index in [1.807, 2.05) is 12.1 Å². The molecule has 2 aliphatic rings. The first-order valence-electron chi connectivity index (χ1n) is 9.06. The maximum absolute atomic E-state index is 11.1. The van der Waals surface area contributed by atoms with Crippen LogP contribution in [0.5, 0.6) is 11.8 Å². The van der Waals surface area contributed by atoms with Crippen LogP contribution in [0.1, 0.15) is 11.1 Å². The van der Waals surface area contributed by atoms with E-state index in [2.05, 4.69) is 41.8 Å². The molecule has 1 N–H and O–H groups in total. The van der Waals surface area contributed by atoms with Crippen LogP contribution >= 0.6 is 31.9 Å². The number of nitrogens with zero attached hydrogens (tertiary/aromatic N) is 2. The molecule has 2 aliphatic heterocycles. The van der Waals surface area contributed by atoms with Gasteiger partial charge >= 0.3 is 0 Å². The van der Waals surface area contributed by atoms with Crippen molar-refractivity contribution < 1.29 is 28.8 Å². The molecule has 0 radical (unpaired) electrons. The van der Waals surface area contributed by atoms with Crippen molar-refractivity contribution in [2.45, 2.75) is 10.8 Å². The minimum atomic E-state index is -0.581. The van der Waals surface area contributed by atoms with Crippen LogP contribution in [0, 0.1) is 0 Å². The average molecular weight is 546 g/mol. The van der Waals surface area contributed by atoms with Crippen molar-refractivity contribution in [2.75, 3.05) is 47.3 Å². The van der Waals surface area contributed by atoms with Crippen molar-refractivity contribution in [1.82, 2.24) is 9.97 Å². The highest BCUT2D eigenvalue weighted by molar-refractivity contribution is 9.10. The van der Waals surface area contributed by atoms with Crippen molar-refractivity contribution in [1.29, 1.82) is 0 Å². The molecule has 0 atom stereocenters. The zero-order valence-electron chi connectivity index (χ0n) is 16.6. The monoisotopic (exact) mass is 544 g/mol. The summed E-state index contributed by atoms with van der Waals surface area (Å²) in [4.78, 5) is 19.4. The summed E-state index contributed by atoms with van der Waals surface area (Å²) in [5.41, 5.74) is 0.748. The topological polar surface area (TPSA) is 100 Å². The third-order valence-electron chi connectivity index (χ3n) is 5.13. The van der Waals surface area contributed by atoms with E-state index in [0.717, 1.165) is 26.4 Å². The number of hydrogen-bond donors (Lipinski definition) is 1. The summed E-state index contributed by atoms with van der Waals surface area (Å²) in [7, 11) is 3.11. The van der Waals surface area contributed by atoms with Gasteiger partial charge in [-0.05, 0) is 44.0 Å². The normalized spacial score (nSPS) is 18.2. The molecular weight excluding hydrogens is 524 g/mol. The Hall–Kier alpha value is -1.59. The van der Waals surface area contributed by atoms with Crippen LogP contribution in [0.15, 0.2) is 33.5 Å². The molecule has 4 rings (SSSR count). The van der Waals surface area contributed by atoms with E-state index in [-0.39, 0.29) is 12.0 Å². The average Bonchev–Trinajstić information content (AvgIpc) is 2.68. The van der Waals surface area contributed by atoms with Gasteiger partial charge < -0.3 is 28.8 Å². The van der Waals surface area contributed by atoms with E-state index in [9.17, 15) is 9.90 Å². The number of carbonyl (C=O) groups is 1. The van der Waals surface area contributed by atoms with Gasteiger partial charge in [0.1, 0.15) is 11.7 Å². The highest BCUT2D eigenvalue weighted by atomic mass is 79.9. The minimum absolute atomic E-state index is 0.0431. The SMILES string of the molecule is COc1ncc(Br)cc1C1(C=O)COC1.COc1ncc(Br)cc1C1(CO)COC1. The summed E-state index contributed by atoms with van der Waals surface area (Å²) in [6.45, 7) is 1.85. The molecule has 2 saturated heterocycles. The summed E-state index contributed by atoms with van der Waals surface area (Å²) in [5, 5.41) is 9.42. The quantitative estimate of drug-likeness (QED) is 0.552. The zero-order chi connectivity index (χ0) is 21.8. The third-order valence-corrected chi connectivity index (χ3v) is 6.00. The van der Waals surface area contributed by atoms with Crippen molar-refractivity contribution in [3.05, 3.63) is 44.6 Å². The number of carbonyl (C=O) groups excluding carboxylic acids is 1. The van der Waals surface area contributed by atoms with E-state index in [1.165, 1.54) is 7.11 Å². The van der Waals surface area contributed by atoms with Crippen LogP contribution in [0.3, 0.4) is 0 Å². The molecule has 4 heterocycles. The number of rotatable bonds is 6.